The van der Waals surface area contributed by atoms with Crippen molar-refractivity contribution in [1.29, 1.82) is 0 Å². The smallest absolute Gasteiger partial charge is 0.414 e. The molecule has 3 aliphatic carbocycles. The number of epoxide rings is 1. The largest absolute Gasteiger partial charge is 0.466 e. The number of ether oxygens (including phenoxy) is 4. The first-order valence-corrected chi connectivity index (χ1v) is 19.2. The highest BCUT2D eigenvalue weighted by Gasteiger charge is 2.68. The number of rotatable bonds is 12. The van der Waals surface area contributed by atoms with E-state index in [0.717, 1.165) is 6.42 Å². The minimum atomic E-state index is -4.26. The first-order valence-electron chi connectivity index (χ1n) is 17.7. The van der Waals surface area contributed by atoms with Crippen LogP contribution in [-0.4, -0.2) is 84.7 Å². The summed E-state index contributed by atoms with van der Waals surface area (Å²) < 4.78 is 52.8. The number of carbonyl (C=O) groups excluding carboxylic acids is 3. The molecule has 3 fully saturated rings. The van der Waals surface area contributed by atoms with Gasteiger partial charge in [-0.2, -0.15) is 0 Å². The Morgan fingerprint density at radius 2 is 1.79 bits per heavy atom. The van der Waals surface area contributed by atoms with Gasteiger partial charge in [0.05, 0.1) is 54.7 Å². The van der Waals surface area contributed by atoms with E-state index in [-0.39, 0.29) is 66.1 Å². The Hall–Kier alpha value is -3.86. The molecule has 2 aromatic rings. The predicted molar refractivity (Wildman–Crippen MR) is 178 cm³/mol. The topological polar surface area (TPSA) is 219 Å². The summed E-state index contributed by atoms with van der Waals surface area (Å²) >= 11 is 0. The number of allylic oxidation sites excluding steroid dienone is 1. The van der Waals surface area contributed by atoms with E-state index in [9.17, 15) is 38.2 Å². The number of fused-ring (bicyclic) bond motifs is 2. The Bertz CT molecular complexity index is 1820. The van der Waals surface area contributed by atoms with Crippen molar-refractivity contribution in [3.63, 3.8) is 0 Å². The van der Waals surface area contributed by atoms with E-state index in [0.29, 0.717) is 24.8 Å². The van der Waals surface area contributed by atoms with Crippen LogP contribution in [0.15, 0.2) is 56.5 Å². The van der Waals surface area contributed by atoms with Crippen molar-refractivity contribution in [3.05, 3.63) is 47.2 Å². The van der Waals surface area contributed by atoms with E-state index in [1.807, 2.05) is 6.08 Å². The summed E-state index contributed by atoms with van der Waals surface area (Å²) in [4.78, 5) is 39.2. The van der Waals surface area contributed by atoms with Crippen LogP contribution in [0.4, 0.5) is 0 Å². The average molecular weight is 747 g/mol. The molecule has 0 radical (unpaired) electrons. The average Bonchev–Trinajstić information content (AvgIpc) is 3.91. The summed E-state index contributed by atoms with van der Waals surface area (Å²) in [6, 6.07) is 7.28. The van der Waals surface area contributed by atoms with Crippen molar-refractivity contribution in [2.45, 2.75) is 106 Å². The molecule has 1 spiro atoms. The second kappa shape index (κ2) is 14.2. The lowest BCUT2D eigenvalue weighted by atomic mass is 9.74. The van der Waals surface area contributed by atoms with E-state index in [1.165, 1.54) is 24.3 Å². The summed E-state index contributed by atoms with van der Waals surface area (Å²) in [5.74, 6) is -3.51. The van der Waals surface area contributed by atoms with Gasteiger partial charge in [-0.15, -0.1) is 0 Å². The number of hydrogen-bond donors (Lipinski definition) is 2. The van der Waals surface area contributed by atoms with Crippen molar-refractivity contribution < 1.29 is 61.5 Å². The van der Waals surface area contributed by atoms with Crippen molar-refractivity contribution in [2.75, 3.05) is 19.8 Å². The molecule has 52 heavy (non-hydrogen) atoms. The number of aliphatic hydroxyl groups excluding tert-OH is 1. The number of aromatic nitrogens is 2. The zero-order valence-corrected chi connectivity index (χ0v) is 30.5. The Labute approximate surface area is 301 Å². The SMILES string of the molecule is C/C1=C\[C@@H]2[C@H](CC[C@]3(CO3)[C@H](OC(=O)CCC(=O)OCCCCOc3no[n+]([O-])c3S(=O)(=O)c3ccccc3)[C@H]3[C@@H](O)[C@@H](C)C[C@]3(O)C1=O)C2(C)C. The maximum absolute atomic E-state index is 13.8. The van der Waals surface area contributed by atoms with Crippen LogP contribution >= 0.6 is 0 Å². The van der Waals surface area contributed by atoms with Crippen LogP contribution in [-0.2, 0) is 38.4 Å². The molecule has 1 saturated heterocycles. The number of esters is 2. The van der Waals surface area contributed by atoms with Crippen LogP contribution in [0.1, 0.15) is 72.6 Å². The van der Waals surface area contributed by atoms with Crippen molar-refractivity contribution in [1.82, 2.24) is 5.16 Å². The molecule has 15 nitrogen and oxygen atoms in total. The number of ketones is 1. The zero-order chi connectivity index (χ0) is 37.6. The first-order chi connectivity index (χ1) is 24.5. The number of Topliss-reactive ketones (excluding diaryl/α,β-unsaturated/α-hetero) is 1. The Kier molecular flexibility index (Phi) is 10.3. The van der Waals surface area contributed by atoms with Crippen molar-refractivity contribution in [3.8, 4) is 5.88 Å². The monoisotopic (exact) mass is 746 g/mol. The number of sulfone groups is 1. The quantitative estimate of drug-likeness (QED) is 0.138. The number of nitrogens with zero attached hydrogens (tertiary/aromatic N) is 2. The Morgan fingerprint density at radius 3 is 2.48 bits per heavy atom. The summed E-state index contributed by atoms with van der Waals surface area (Å²) in [5.41, 5.74) is -2.54. The maximum Gasteiger partial charge on any atom is 0.414 e. The van der Waals surface area contributed by atoms with Gasteiger partial charge < -0.3 is 34.4 Å². The highest BCUT2D eigenvalue weighted by molar-refractivity contribution is 7.91. The molecule has 4 aliphatic rings. The molecule has 2 saturated carbocycles. The highest BCUT2D eigenvalue weighted by atomic mass is 32.2. The minimum absolute atomic E-state index is 0.00696. The predicted octanol–water partition coefficient (Wildman–Crippen LogP) is 2.63. The Balaban J connectivity index is 1.01. The minimum Gasteiger partial charge on any atom is -0.466 e. The van der Waals surface area contributed by atoms with Gasteiger partial charge in [-0.25, -0.2) is 8.42 Å². The van der Waals surface area contributed by atoms with Gasteiger partial charge in [0.15, 0.2) is 5.78 Å². The van der Waals surface area contributed by atoms with Crippen molar-refractivity contribution >= 4 is 27.6 Å². The summed E-state index contributed by atoms with van der Waals surface area (Å²) in [7, 11) is -4.26. The van der Waals surface area contributed by atoms with Crippen LogP contribution in [0.5, 0.6) is 5.88 Å². The van der Waals surface area contributed by atoms with Crippen LogP contribution in [0.2, 0.25) is 0 Å². The fourth-order valence-electron chi connectivity index (χ4n) is 8.14. The summed E-state index contributed by atoms with van der Waals surface area (Å²) in [6.45, 7) is 7.89. The number of unbranched alkanes of at least 4 members (excludes halogenated alkanes) is 1. The molecule has 1 aliphatic heterocycles. The summed E-state index contributed by atoms with van der Waals surface area (Å²) in [6.07, 6.45) is 0.952. The van der Waals surface area contributed by atoms with Crippen LogP contribution < -0.4 is 9.64 Å². The normalized spacial score (nSPS) is 33.2. The van der Waals surface area contributed by atoms with Gasteiger partial charge in [0.25, 0.3) is 9.84 Å². The van der Waals surface area contributed by atoms with Crippen molar-refractivity contribution in [2.24, 2.45) is 29.1 Å². The third-order valence-corrected chi connectivity index (χ3v) is 13.1. The molecular weight excluding hydrogens is 700 g/mol. The lowest BCUT2D eigenvalue weighted by Crippen LogP contribution is -2.56. The van der Waals surface area contributed by atoms with Crippen LogP contribution in [0.25, 0.3) is 0 Å². The molecular formula is C36H46N2O13S. The molecule has 2 heterocycles. The van der Waals surface area contributed by atoms with Gasteiger partial charge in [-0.05, 0) is 84.8 Å². The molecule has 0 unspecified atom stereocenters. The number of aliphatic hydroxyl groups is 2. The number of benzene rings is 1. The molecule has 8 atom stereocenters. The standard InChI is InChI=1S/C36H46N2O13S/c1-21-18-25-24(34(25,3)4)14-15-35(20-49-35)31(28-29(41)22(2)19-36(28,43)30(21)42)50-27(40)13-12-26(39)47-16-8-9-17-48-32-33(38(44)51-37-32)52(45,46)23-10-6-5-7-11-23/h5-7,10-11,18,22,24-25,28-29,31,41,43H,8-9,12-17,19-20H2,1-4H3/b21-18+/t22-,24-,25+,28+,29-,31+,35-,36+/m0/s1. The molecule has 1 aromatic carbocycles. The molecule has 284 valence electrons. The second-order valence-electron chi connectivity index (χ2n) is 15.2. The molecule has 0 amide bonds. The van der Waals surface area contributed by atoms with Gasteiger partial charge in [-0.1, -0.05) is 45.0 Å². The third-order valence-electron chi connectivity index (χ3n) is 11.4. The maximum atomic E-state index is 13.8. The van der Waals surface area contributed by atoms with E-state index in [2.05, 4.69) is 23.6 Å². The third kappa shape index (κ3) is 7.09. The highest BCUT2D eigenvalue weighted by Crippen LogP contribution is 2.63. The second-order valence-corrected chi connectivity index (χ2v) is 17.1. The van der Waals surface area contributed by atoms with E-state index in [4.69, 9.17) is 18.9 Å². The lowest BCUT2D eigenvalue weighted by molar-refractivity contribution is -0.832. The van der Waals surface area contributed by atoms with Gasteiger partial charge in [0.2, 0.25) is 0 Å². The van der Waals surface area contributed by atoms with E-state index in [1.54, 1.807) is 19.9 Å². The first kappa shape index (κ1) is 37.9. The fraction of sp³-hybridized carbons (Fsp3) is 0.639. The number of carbonyl (C=O) groups is 3. The molecule has 1 aromatic heterocycles. The van der Waals surface area contributed by atoms with Gasteiger partial charge in [0.1, 0.15) is 17.3 Å². The van der Waals surface area contributed by atoms with E-state index >= 15 is 0 Å². The number of hydrogen-bond acceptors (Lipinski definition) is 14. The van der Waals surface area contributed by atoms with Gasteiger partial charge >= 0.3 is 22.8 Å². The van der Waals surface area contributed by atoms with Crippen LogP contribution in [0, 0.1) is 34.3 Å². The fourth-order valence-corrected chi connectivity index (χ4v) is 9.44. The lowest BCUT2D eigenvalue weighted by Gasteiger charge is -2.38. The molecule has 2 N–H and O–H groups in total. The molecule has 0 bridgehead atoms. The molecule has 6 rings (SSSR count). The van der Waals surface area contributed by atoms with Gasteiger partial charge in [-0.3, -0.25) is 19.0 Å². The molecule has 16 heteroatoms. The Morgan fingerprint density at radius 1 is 1.12 bits per heavy atom. The van der Waals surface area contributed by atoms with Gasteiger partial charge in [0, 0.05) is 0 Å². The zero-order valence-electron chi connectivity index (χ0n) is 29.7. The van der Waals surface area contributed by atoms with E-state index < -0.39 is 73.7 Å². The summed E-state index contributed by atoms with van der Waals surface area (Å²) in [5, 5.41) is 38.0. The van der Waals surface area contributed by atoms with Crippen LogP contribution in [0.3, 0.4) is 0 Å².